The molecule has 0 saturated heterocycles. The van der Waals surface area contributed by atoms with E-state index in [-0.39, 0.29) is 0 Å². The van der Waals surface area contributed by atoms with Gasteiger partial charge in [-0.1, -0.05) is 148 Å². The van der Waals surface area contributed by atoms with Gasteiger partial charge in [0.25, 0.3) is 0 Å². The number of alkyl halides is 2. The van der Waals surface area contributed by atoms with Crippen LogP contribution in [-0.2, 0) is 0 Å². The summed E-state index contributed by atoms with van der Waals surface area (Å²) in [5.41, 5.74) is 6.91. The van der Waals surface area contributed by atoms with Crippen molar-refractivity contribution in [3.8, 4) is 0 Å². The largest absolute Gasteiger partial charge is 0.261 e. The van der Waals surface area contributed by atoms with Crippen LogP contribution in [0.25, 0.3) is 10.9 Å². The van der Waals surface area contributed by atoms with Crippen LogP contribution in [0.15, 0.2) is 134 Å². The maximum absolute atomic E-state index is 9.50. The van der Waals surface area contributed by atoms with E-state index in [1.165, 1.54) is 11.1 Å². The fourth-order valence-corrected chi connectivity index (χ4v) is 4.27. The van der Waals surface area contributed by atoms with Gasteiger partial charge in [-0.25, -0.2) is 0 Å². The molecule has 0 N–H and O–H groups in total. The van der Waals surface area contributed by atoms with Crippen molar-refractivity contribution in [2.75, 3.05) is 13.0 Å². The number of nitrogens with zero attached hydrogens (tertiary/aromatic N) is 5. The van der Waals surface area contributed by atoms with Crippen molar-refractivity contribution >= 4 is 26.8 Å². The lowest BCUT2D eigenvalue weighted by atomic mass is 10.1. The van der Waals surface area contributed by atoms with Crippen molar-refractivity contribution in [2.24, 2.45) is 0 Å². The molecule has 0 radical (unpaired) electrons. The van der Waals surface area contributed by atoms with E-state index in [4.69, 9.17) is 0 Å². The lowest BCUT2D eigenvalue weighted by Gasteiger charge is -2.04. The molecule has 0 aliphatic heterocycles. The van der Waals surface area contributed by atoms with Crippen LogP contribution < -0.4 is 0 Å². The minimum absolute atomic E-state index is 0.500. The van der Waals surface area contributed by atoms with Gasteiger partial charge < -0.3 is 0 Å². The summed E-state index contributed by atoms with van der Waals surface area (Å²) in [7, 11) is 0.500. The standard InChI is InChI=1S/C12H13N.4C8H11N.C2H6.CH3Br.CH3F/c1-9(2)11-8-7-10-5-3-4-6-12(10)13-11;4*1-7(2)8-5-3-4-6-9-8;3*1-2/h3-9H,1-2H3;4*3-7H,1-2H3;1-2H3;2*1H3. The predicted octanol–water partition coefficient (Wildman–Crippen LogP) is 14.8. The first kappa shape index (κ1) is 52.7. The number of rotatable bonds is 5. The zero-order valence-electron chi connectivity index (χ0n) is 36.1. The Kier molecular flexibility index (Phi) is 32.8. The molecule has 0 fully saturated rings. The highest BCUT2D eigenvalue weighted by Gasteiger charge is 2.01. The molecule has 0 saturated carbocycles. The molecule has 5 aromatic heterocycles. The number of fused-ring (bicyclic) bond motifs is 1. The minimum atomic E-state index is 0.500. The van der Waals surface area contributed by atoms with Crippen LogP contribution in [0.3, 0.4) is 0 Å². The van der Waals surface area contributed by atoms with Gasteiger partial charge in [0, 0.05) is 58.6 Å². The molecule has 55 heavy (non-hydrogen) atoms. The average Bonchev–Trinajstić information content (AvgIpc) is 3.25. The number of hydrogen-bond acceptors (Lipinski definition) is 5. The Morgan fingerprint density at radius 1 is 0.364 bits per heavy atom. The molecule has 0 spiro atoms. The molecular weight excluding hydrogens is 745 g/mol. The Labute approximate surface area is 342 Å². The highest BCUT2D eigenvalue weighted by molar-refractivity contribution is 9.08. The van der Waals surface area contributed by atoms with Crippen molar-refractivity contribution in [1.82, 2.24) is 24.9 Å². The summed E-state index contributed by atoms with van der Waals surface area (Å²) in [6, 6.07) is 36.5. The van der Waals surface area contributed by atoms with Gasteiger partial charge in [0.05, 0.1) is 12.7 Å². The summed E-state index contributed by atoms with van der Waals surface area (Å²) >= 11 is 2.94. The van der Waals surface area contributed by atoms with Crippen LogP contribution >= 0.6 is 15.9 Å². The fraction of sp³-hybridized carbons (Fsp3) is 0.396. The molecule has 0 amide bonds. The first-order valence-electron chi connectivity index (χ1n) is 19.2. The lowest BCUT2D eigenvalue weighted by molar-refractivity contribution is 0.636. The van der Waals surface area contributed by atoms with Crippen molar-refractivity contribution in [3.05, 3.63) is 162 Å². The molecule has 300 valence electrons. The Morgan fingerprint density at radius 2 is 0.636 bits per heavy atom. The third-order valence-electron chi connectivity index (χ3n) is 7.33. The van der Waals surface area contributed by atoms with Crippen LogP contribution in [0.5, 0.6) is 0 Å². The second-order valence-corrected chi connectivity index (χ2v) is 13.2. The molecule has 5 nitrogen and oxygen atoms in total. The molecule has 6 aromatic rings. The molecule has 0 aliphatic carbocycles. The Hall–Kier alpha value is -4.36. The van der Waals surface area contributed by atoms with E-state index in [0.29, 0.717) is 36.8 Å². The lowest BCUT2D eigenvalue weighted by Crippen LogP contribution is -1.91. The van der Waals surface area contributed by atoms with Crippen LogP contribution in [-0.4, -0.2) is 37.9 Å². The molecule has 5 heterocycles. The summed E-state index contributed by atoms with van der Waals surface area (Å²) in [5.74, 6) is 4.51. The maximum atomic E-state index is 9.50. The average molecular weight is 815 g/mol. The number of benzene rings is 1. The van der Waals surface area contributed by atoms with Crippen molar-refractivity contribution < 1.29 is 4.39 Å². The molecule has 1 aromatic carbocycles. The molecule has 6 rings (SSSR count). The van der Waals surface area contributed by atoms with Gasteiger partial charge in [0.2, 0.25) is 0 Å². The SMILES string of the molecule is CBr.CC.CC(C)c1ccc2ccccc2n1.CC(C)c1ccccn1.CC(C)c1ccccn1.CC(C)c1ccccn1.CC(C)c1ccccn1.CF. The van der Waals surface area contributed by atoms with Gasteiger partial charge in [-0.3, -0.25) is 29.3 Å². The van der Waals surface area contributed by atoms with E-state index in [1.807, 2.05) is 129 Å². The molecule has 7 heteroatoms. The van der Waals surface area contributed by atoms with Gasteiger partial charge in [-0.2, -0.15) is 0 Å². The summed E-state index contributed by atoms with van der Waals surface area (Å²) < 4.78 is 9.50. The van der Waals surface area contributed by atoms with Crippen LogP contribution in [0.1, 0.15) is 141 Å². The van der Waals surface area contributed by atoms with Gasteiger partial charge in [-0.05, 0) is 96.1 Å². The van der Waals surface area contributed by atoms with E-state index in [2.05, 4.69) is 134 Å². The van der Waals surface area contributed by atoms with E-state index in [9.17, 15) is 4.39 Å². The Morgan fingerprint density at radius 3 is 0.873 bits per heavy atom. The number of halogens is 2. The third-order valence-corrected chi connectivity index (χ3v) is 7.33. The van der Waals surface area contributed by atoms with Gasteiger partial charge >= 0.3 is 0 Å². The normalized spacial score (nSPS) is 9.55. The maximum Gasteiger partial charge on any atom is 0.0785 e. The first-order chi connectivity index (χ1) is 26.5. The van der Waals surface area contributed by atoms with E-state index in [0.717, 1.165) is 28.3 Å². The highest BCUT2D eigenvalue weighted by Crippen LogP contribution is 2.17. The summed E-state index contributed by atoms with van der Waals surface area (Å²) in [5, 5.41) is 1.21. The zero-order chi connectivity index (χ0) is 42.0. The molecular formula is C48H69BrFN5. The van der Waals surface area contributed by atoms with Crippen molar-refractivity contribution in [3.63, 3.8) is 0 Å². The number of aromatic nitrogens is 5. The quantitative estimate of drug-likeness (QED) is 0.162. The van der Waals surface area contributed by atoms with Crippen molar-refractivity contribution in [2.45, 2.75) is 113 Å². The number of hydrogen-bond donors (Lipinski definition) is 0. The molecule has 0 bridgehead atoms. The van der Waals surface area contributed by atoms with E-state index >= 15 is 0 Å². The summed E-state index contributed by atoms with van der Waals surface area (Å²) in [4.78, 5) is 21.3. The van der Waals surface area contributed by atoms with E-state index < -0.39 is 0 Å². The summed E-state index contributed by atoms with van der Waals surface area (Å²) in [6.07, 6.45) is 7.31. The zero-order valence-corrected chi connectivity index (χ0v) is 37.7. The van der Waals surface area contributed by atoms with Crippen LogP contribution in [0.4, 0.5) is 4.39 Å². The van der Waals surface area contributed by atoms with Crippen LogP contribution in [0, 0.1) is 0 Å². The minimum Gasteiger partial charge on any atom is -0.261 e. The van der Waals surface area contributed by atoms with Gasteiger partial charge in [0.1, 0.15) is 0 Å². The molecule has 0 aliphatic rings. The Bertz CT molecular complexity index is 1510. The van der Waals surface area contributed by atoms with Gasteiger partial charge in [-0.15, -0.1) is 0 Å². The fourth-order valence-electron chi connectivity index (χ4n) is 4.27. The molecule has 0 atom stereocenters. The Balaban J connectivity index is 0. The third kappa shape index (κ3) is 24.6. The second kappa shape index (κ2) is 34.2. The monoisotopic (exact) mass is 813 g/mol. The van der Waals surface area contributed by atoms with E-state index in [1.54, 1.807) is 0 Å². The van der Waals surface area contributed by atoms with Gasteiger partial charge in [0.15, 0.2) is 0 Å². The van der Waals surface area contributed by atoms with Crippen molar-refractivity contribution in [1.29, 1.82) is 0 Å². The number of para-hydroxylation sites is 1. The second-order valence-electron chi connectivity index (χ2n) is 13.2. The molecule has 0 unspecified atom stereocenters. The first-order valence-corrected chi connectivity index (χ1v) is 20.8. The smallest absolute Gasteiger partial charge is 0.0785 e. The number of pyridine rings is 5. The predicted molar refractivity (Wildman–Crippen MR) is 242 cm³/mol. The topological polar surface area (TPSA) is 64.5 Å². The van der Waals surface area contributed by atoms with Crippen LogP contribution in [0.2, 0.25) is 0 Å². The summed E-state index contributed by atoms with van der Waals surface area (Å²) in [6.45, 7) is 25.5. The highest BCUT2D eigenvalue weighted by atomic mass is 79.9.